The molecule has 1 aliphatic heterocycles. The number of anilines is 1. The van der Waals surface area contributed by atoms with E-state index in [9.17, 15) is 4.79 Å². The van der Waals surface area contributed by atoms with Crippen molar-refractivity contribution in [3.05, 3.63) is 77.6 Å². The Bertz CT molecular complexity index is 1410. The number of furan rings is 1. The van der Waals surface area contributed by atoms with Gasteiger partial charge in [0.1, 0.15) is 11.5 Å². The summed E-state index contributed by atoms with van der Waals surface area (Å²) in [6, 6.07) is 11.8. The Morgan fingerprint density at radius 1 is 1.03 bits per heavy atom. The predicted octanol–water partition coefficient (Wildman–Crippen LogP) is 4.71. The number of benzene rings is 1. The molecule has 3 aromatic heterocycles. The van der Waals surface area contributed by atoms with Crippen LogP contribution in [-0.4, -0.2) is 63.9 Å². The van der Waals surface area contributed by atoms with Crippen LogP contribution in [0.4, 0.5) is 5.69 Å². The van der Waals surface area contributed by atoms with Gasteiger partial charge in [0.2, 0.25) is 5.78 Å². The Morgan fingerprint density at radius 3 is 2.54 bits per heavy atom. The van der Waals surface area contributed by atoms with Crippen molar-refractivity contribution in [2.45, 2.75) is 39.5 Å². The Balaban J connectivity index is 1.35. The third-order valence-electron chi connectivity index (χ3n) is 6.89. The summed E-state index contributed by atoms with van der Waals surface area (Å²) >= 11 is 0. The van der Waals surface area contributed by atoms with Crippen molar-refractivity contribution in [1.82, 2.24) is 24.9 Å². The van der Waals surface area contributed by atoms with E-state index in [2.05, 4.69) is 59.0 Å². The number of likely N-dealkylation sites (N-methyl/N-ethyl adjacent to an activating group) is 1. The Labute approximate surface area is 217 Å². The minimum Gasteiger partial charge on any atom is -0.457 e. The first-order valence-corrected chi connectivity index (χ1v) is 12.7. The lowest BCUT2D eigenvalue weighted by Crippen LogP contribution is -2.44. The SMILES string of the molecule is Cc1ccc(CC(=O)c2ccc(C(C)(C)C)o2)cc1-n1cc(-c2cncc(N3CCN(C)CC3)c2)nn1. The molecular formula is C29H34N6O2. The molecule has 1 aromatic carbocycles. The van der Waals surface area contributed by atoms with E-state index in [-0.39, 0.29) is 17.6 Å². The van der Waals surface area contributed by atoms with E-state index in [0.717, 1.165) is 65.7 Å². The number of piperazine rings is 1. The first-order valence-electron chi connectivity index (χ1n) is 12.7. The molecule has 8 nitrogen and oxygen atoms in total. The first-order chi connectivity index (χ1) is 17.7. The fraction of sp³-hybridized carbons (Fsp3) is 0.379. The average Bonchev–Trinajstić information content (AvgIpc) is 3.56. The number of aryl methyl sites for hydroxylation is 1. The maximum atomic E-state index is 12.9. The number of hydrogen-bond acceptors (Lipinski definition) is 7. The molecule has 0 spiro atoms. The van der Waals surface area contributed by atoms with Gasteiger partial charge in [0.05, 0.1) is 23.8 Å². The van der Waals surface area contributed by atoms with Gasteiger partial charge in [-0.25, -0.2) is 4.68 Å². The van der Waals surface area contributed by atoms with E-state index in [4.69, 9.17) is 4.42 Å². The fourth-order valence-corrected chi connectivity index (χ4v) is 4.49. The molecule has 4 heterocycles. The summed E-state index contributed by atoms with van der Waals surface area (Å²) in [5.74, 6) is 1.15. The van der Waals surface area contributed by atoms with Crippen LogP contribution in [0.2, 0.25) is 0 Å². The van der Waals surface area contributed by atoms with E-state index >= 15 is 0 Å². The monoisotopic (exact) mass is 498 g/mol. The molecule has 1 aliphatic rings. The Kier molecular flexibility index (Phi) is 6.69. The highest BCUT2D eigenvalue weighted by molar-refractivity contribution is 5.95. The highest BCUT2D eigenvalue weighted by Crippen LogP contribution is 2.26. The van der Waals surface area contributed by atoms with Crippen LogP contribution in [0, 0.1) is 6.92 Å². The van der Waals surface area contributed by atoms with Crippen molar-refractivity contribution in [3.8, 4) is 16.9 Å². The molecule has 192 valence electrons. The van der Waals surface area contributed by atoms with E-state index in [1.807, 2.05) is 49.8 Å². The number of aromatic nitrogens is 4. The fourth-order valence-electron chi connectivity index (χ4n) is 4.49. The van der Waals surface area contributed by atoms with Gasteiger partial charge < -0.3 is 14.2 Å². The summed E-state index contributed by atoms with van der Waals surface area (Å²) in [7, 11) is 2.15. The third-order valence-corrected chi connectivity index (χ3v) is 6.89. The number of hydrogen-bond donors (Lipinski definition) is 0. The van der Waals surface area contributed by atoms with Gasteiger partial charge in [-0.1, -0.05) is 38.1 Å². The maximum Gasteiger partial charge on any atom is 0.202 e. The number of carbonyl (C=O) groups is 1. The zero-order valence-corrected chi connectivity index (χ0v) is 22.2. The minimum atomic E-state index is -0.139. The Hall–Kier alpha value is -3.78. The summed E-state index contributed by atoms with van der Waals surface area (Å²) in [5, 5.41) is 8.83. The summed E-state index contributed by atoms with van der Waals surface area (Å²) in [5.41, 5.74) is 5.49. The largest absolute Gasteiger partial charge is 0.457 e. The van der Waals surface area contributed by atoms with Gasteiger partial charge in [0.25, 0.3) is 0 Å². The van der Waals surface area contributed by atoms with Gasteiger partial charge in [-0.15, -0.1) is 5.10 Å². The normalized spacial score (nSPS) is 14.8. The molecule has 0 aliphatic carbocycles. The Morgan fingerprint density at radius 2 is 1.81 bits per heavy atom. The molecular weight excluding hydrogens is 464 g/mol. The van der Waals surface area contributed by atoms with Gasteiger partial charge in [-0.2, -0.15) is 0 Å². The van der Waals surface area contributed by atoms with Crippen molar-refractivity contribution < 1.29 is 9.21 Å². The molecule has 4 aromatic rings. The van der Waals surface area contributed by atoms with Crippen LogP contribution in [0.15, 0.2) is 59.4 Å². The van der Waals surface area contributed by atoms with Gasteiger partial charge in [0.15, 0.2) is 5.76 Å². The summed E-state index contributed by atoms with van der Waals surface area (Å²) in [6.07, 6.45) is 5.90. The van der Waals surface area contributed by atoms with Gasteiger partial charge >= 0.3 is 0 Å². The lowest BCUT2D eigenvalue weighted by molar-refractivity contribution is 0.0963. The molecule has 0 bridgehead atoms. The average molecular weight is 499 g/mol. The van der Waals surface area contributed by atoms with Crippen molar-refractivity contribution in [1.29, 1.82) is 0 Å². The number of pyridine rings is 1. The van der Waals surface area contributed by atoms with E-state index < -0.39 is 0 Å². The topological polar surface area (TPSA) is 80.3 Å². The maximum absolute atomic E-state index is 12.9. The van der Waals surface area contributed by atoms with Crippen LogP contribution >= 0.6 is 0 Å². The second kappa shape index (κ2) is 9.94. The molecule has 1 fully saturated rings. The van der Waals surface area contributed by atoms with E-state index in [0.29, 0.717) is 5.76 Å². The molecule has 0 amide bonds. The number of nitrogens with zero attached hydrogens (tertiary/aromatic N) is 6. The zero-order valence-electron chi connectivity index (χ0n) is 22.2. The van der Waals surface area contributed by atoms with Crippen molar-refractivity contribution in [2.24, 2.45) is 0 Å². The first kappa shape index (κ1) is 24.9. The molecule has 0 saturated carbocycles. The minimum absolute atomic E-state index is 0.0450. The molecule has 37 heavy (non-hydrogen) atoms. The lowest BCUT2D eigenvalue weighted by Gasteiger charge is -2.33. The van der Waals surface area contributed by atoms with Crippen LogP contribution < -0.4 is 4.90 Å². The quantitative estimate of drug-likeness (QED) is 0.356. The summed E-state index contributed by atoms with van der Waals surface area (Å²) in [6.45, 7) is 12.3. The molecule has 0 N–H and O–H groups in total. The van der Waals surface area contributed by atoms with Gasteiger partial charge in [-0.05, 0) is 49.4 Å². The highest BCUT2D eigenvalue weighted by atomic mass is 16.3. The summed E-state index contributed by atoms with van der Waals surface area (Å²) < 4.78 is 7.61. The van der Waals surface area contributed by atoms with Gasteiger partial charge in [-0.3, -0.25) is 9.78 Å². The van der Waals surface area contributed by atoms with Crippen LogP contribution in [-0.2, 0) is 11.8 Å². The molecule has 0 radical (unpaired) electrons. The molecule has 0 unspecified atom stereocenters. The zero-order chi connectivity index (χ0) is 26.2. The van der Waals surface area contributed by atoms with Crippen LogP contribution in [0.25, 0.3) is 16.9 Å². The van der Waals surface area contributed by atoms with Crippen LogP contribution in [0.5, 0.6) is 0 Å². The lowest BCUT2D eigenvalue weighted by atomic mass is 9.94. The van der Waals surface area contributed by atoms with E-state index in [1.165, 1.54) is 0 Å². The standard InChI is InChI=1S/C29H34N6O2/c1-20-6-7-21(15-26(36)27-8-9-28(37-27)29(2,3)4)14-25(20)35-19-24(31-32-35)22-16-23(18-30-17-22)34-12-10-33(5)11-13-34/h6-9,14,16-19H,10-13,15H2,1-5H3. The van der Waals surface area contributed by atoms with Crippen LogP contribution in [0.3, 0.4) is 0 Å². The number of carbonyl (C=O) groups excluding carboxylic acids is 1. The predicted molar refractivity (Wildman–Crippen MR) is 144 cm³/mol. The third kappa shape index (κ3) is 5.49. The number of Topliss-reactive ketones (excluding diaryl/α,β-unsaturated/α-hetero) is 1. The molecule has 1 saturated heterocycles. The van der Waals surface area contributed by atoms with Crippen molar-refractivity contribution in [3.63, 3.8) is 0 Å². The second-order valence-electron chi connectivity index (χ2n) is 10.9. The smallest absolute Gasteiger partial charge is 0.202 e. The number of rotatable bonds is 6. The van der Waals surface area contributed by atoms with Crippen molar-refractivity contribution >= 4 is 11.5 Å². The van der Waals surface area contributed by atoms with Crippen molar-refractivity contribution in [2.75, 3.05) is 38.1 Å². The molecule has 5 rings (SSSR count). The van der Waals surface area contributed by atoms with Crippen LogP contribution in [0.1, 0.15) is 48.2 Å². The van der Waals surface area contributed by atoms with E-state index in [1.54, 1.807) is 10.7 Å². The number of ketones is 1. The van der Waals surface area contributed by atoms with Gasteiger partial charge in [0, 0.05) is 49.8 Å². The molecule has 0 atom stereocenters. The summed E-state index contributed by atoms with van der Waals surface area (Å²) in [4.78, 5) is 22.1. The molecule has 8 heteroatoms. The highest BCUT2D eigenvalue weighted by Gasteiger charge is 2.21. The second-order valence-corrected chi connectivity index (χ2v) is 10.9.